The lowest BCUT2D eigenvalue weighted by atomic mass is 9.89. The molecular weight excluding hydrogens is 326 g/mol. The van der Waals surface area contributed by atoms with E-state index < -0.39 is 0 Å². The fourth-order valence-electron chi connectivity index (χ4n) is 3.75. The Morgan fingerprint density at radius 3 is 2.92 bits per heavy atom. The van der Waals surface area contributed by atoms with Crippen LogP contribution in [-0.2, 0) is 9.53 Å². The summed E-state index contributed by atoms with van der Waals surface area (Å²) in [7, 11) is 0. The minimum atomic E-state index is -0.384. The van der Waals surface area contributed by atoms with Crippen LogP contribution in [0, 0.1) is 5.92 Å². The van der Waals surface area contributed by atoms with Gasteiger partial charge in [0.15, 0.2) is 0 Å². The summed E-state index contributed by atoms with van der Waals surface area (Å²) in [5, 5.41) is 10.9. The summed E-state index contributed by atoms with van der Waals surface area (Å²) < 4.78 is 5.53. The Bertz CT molecular complexity index is 631. The number of likely N-dealkylation sites (tertiary alicyclic amines) is 1. The number of rotatable bonds is 3. The van der Waals surface area contributed by atoms with Crippen LogP contribution in [0.4, 0.5) is 0 Å². The van der Waals surface area contributed by atoms with E-state index in [0.717, 1.165) is 30.5 Å². The van der Waals surface area contributed by atoms with Crippen molar-refractivity contribution in [2.75, 3.05) is 19.8 Å². The maximum Gasteiger partial charge on any atom is 0.247 e. The van der Waals surface area contributed by atoms with Crippen LogP contribution >= 0.6 is 11.6 Å². The molecule has 24 heavy (non-hydrogen) atoms. The summed E-state index contributed by atoms with van der Waals surface area (Å²) >= 11 is 6.22. The van der Waals surface area contributed by atoms with Gasteiger partial charge in [-0.05, 0) is 43.4 Å². The van der Waals surface area contributed by atoms with Gasteiger partial charge in [-0.25, -0.2) is 0 Å². The lowest BCUT2D eigenvalue weighted by molar-refractivity contribution is -0.131. The molecule has 0 aromatic heterocycles. The van der Waals surface area contributed by atoms with Gasteiger partial charge in [-0.3, -0.25) is 4.79 Å². The normalized spacial score (nSPS) is 28.2. The van der Waals surface area contributed by atoms with Crippen LogP contribution in [-0.4, -0.2) is 47.8 Å². The predicted molar refractivity (Wildman–Crippen MR) is 94.8 cm³/mol. The molecule has 0 radical (unpaired) electrons. The lowest BCUT2D eigenvalue weighted by Crippen LogP contribution is -2.47. The number of amides is 1. The molecule has 4 nitrogen and oxygen atoms in total. The molecule has 2 aliphatic heterocycles. The van der Waals surface area contributed by atoms with Crippen LogP contribution in [0.15, 0.2) is 30.3 Å². The second kappa shape index (κ2) is 7.68. The molecule has 2 heterocycles. The summed E-state index contributed by atoms with van der Waals surface area (Å²) in [6.45, 7) is 3.77. The molecule has 3 rings (SSSR count). The Balaban J connectivity index is 1.76. The second-order valence-electron chi connectivity index (χ2n) is 6.64. The predicted octanol–water partition coefficient (Wildman–Crippen LogP) is 3.13. The van der Waals surface area contributed by atoms with Crippen LogP contribution in [0.1, 0.15) is 31.7 Å². The first kappa shape index (κ1) is 17.5. The van der Waals surface area contributed by atoms with Crippen molar-refractivity contribution in [2.45, 2.75) is 38.3 Å². The van der Waals surface area contributed by atoms with Gasteiger partial charge >= 0.3 is 0 Å². The Labute approximate surface area is 148 Å². The smallest absolute Gasteiger partial charge is 0.247 e. The first-order chi connectivity index (χ1) is 11.6. The van der Waals surface area contributed by atoms with Crippen molar-refractivity contribution >= 4 is 23.1 Å². The highest BCUT2D eigenvalue weighted by Crippen LogP contribution is 2.31. The number of carbonyl (C=O) groups is 1. The number of aliphatic hydroxyl groups excluding tert-OH is 1. The fraction of sp³-hybridized carbons (Fsp3) is 0.526. The second-order valence-corrected chi connectivity index (χ2v) is 7.05. The van der Waals surface area contributed by atoms with Crippen molar-refractivity contribution in [3.8, 4) is 0 Å². The van der Waals surface area contributed by atoms with Gasteiger partial charge < -0.3 is 14.7 Å². The van der Waals surface area contributed by atoms with Crippen LogP contribution in [0.25, 0.3) is 5.57 Å². The number of nitrogens with zero attached hydrogens (tertiary/aromatic N) is 1. The molecule has 2 saturated heterocycles. The molecule has 2 aliphatic rings. The largest absolute Gasteiger partial charge is 0.393 e. The van der Waals surface area contributed by atoms with E-state index in [1.54, 1.807) is 6.08 Å². The Kier molecular flexibility index (Phi) is 5.59. The van der Waals surface area contributed by atoms with Crippen molar-refractivity contribution in [2.24, 2.45) is 5.92 Å². The highest BCUT2D eigenvalue weighted by Gasteiger charge is 2.39. The van der Waals surface area contributed by atoms with E-state index in [1.165, 1.54) is 0 Å². The van der Waals surface area contributed by atoms with Crippen molar-refractivity contribution in [1.82, 2.24) is 4.90 Å². The highest BCUT2D eigenvalue weighted by molar-refractivity contribution is 6.32. The number of hydrogen-bond donors (Lipinski definition) is 1. The first-order valence-electron chi connectivity index (χ1n) is 8.57. The number of halogens is 1. The topological polar surface area (TPSA) is 49.8 Å². The van der Waals surface area contributed by atoms with E-state index >= 15 is 0 Å². The molecule has 1 aromatic carbocycles. The number of hydrogen-bond acceptors (Lipinski definition) is 3. The molecule has 130 valence electrons. The molecule has 3 atom stereocenters. The molecule has 2 fully saturated rings. The van der Waals surface area contributed by atoms with Gasteiger partial charge in [0.1, 0.15) is 0 Å². The van der Waals surface area contributed by atoms with Crippen LogP contribution in [0.5, 0.6) is 0 Å². The first-order valence-corrected chi connectivity index (χ1v) is 8.95. The van der Waals surface area contributed by atoms with Crippen LogP contribution in [0.2, 0.25) is 5.02 Å². The zero-order valence-corrected chi connectivity index (χ0v) is 14.7. The molecule has 0 spiro atoms. The summed E-state index contributed by atoms with van der Waals surface area (Å²) in [5.74, 6) is 0.00640. The van der Waals surface area contributed by atoms with Crippen molar-refractivity contribution < 1.29 is 14.6 Å². The number of allylic oxidation sites excluding steroid dienone is 1. The van der Waals surface area contributed by atoms with Crippen LogP contribution < -0.4 is 0 Å². The van der Waals surface area contributed by atoms with Crippen molar-refractivity contribution in [3.63, 3.8) is 0 Å². The Hall–Kier alpha value is -1.36. The van der Waals surface area contributed by atoms with Gasteiger partial charge in [-0.15, -0.1) is 0 Å². The molecule has 0 saturated carbocycles. The minimum absolute atomic E-state index is 0.00677. The molecule has 0 bridgehead atoms. The average Bonchev–Trinajstić information content (AvgIpc) is 3.05. The summed E-state index contributed by atoms with van der Waals surface area (Å²) in [6.07, 6.45) is 3.83. The van der Waals surface area contributed by atoms with E-state index in [4.69, 9.17) is 16.3 Å². The average molecular weight is 350 g/mol. The number of aliphatic hydroxyl groups is 1. The van der Waals surface area contributed by atoms with Gasteiger partial charge in [0.2, 0.25) is 5.91 Å². The standard InChI is InChI=1S/C19H24ClNO3/c1-13(14-5-2-3-6-16(14)20)11-19(23)21-9-4-7-17(21)15-12-24-10-8-18(15)22/h2-3,5-6,11,15,17-18,22H,4,7-10,12H2,1H3/b13-11+. The Morgan fingerprint density at radius 1 is 1.38 bits per heavy atom. The van der Waals surface area contributed by atoms with Gasteiger partial charge in [0.25, 0.3) is 0 Å². The third-order valence-corrected chi connectivity index (χ3v) is 5.41. The summed E-state index contributed by atoms with van der Waals surface area (Å²) in [5.41, 5.74) is 1.74. The quantitative estimate of drug-likeness (QED) is 0.853. The zero-order chi connectivity index (χ0) is 17.1. The number of carbonyl (C=O) groups excluding carboxylic acids is 1. The summed E-state index contributed by atoms with van der Waals surface area (Å²) in [6, 6.07) is 7.59. The van der Waals surface area contributed by atoms with E-state index in [1.807, 2.05) is 36.1 Å². The SMILES string of the molecule is C/C(=C\C(=O)N1CCCC1C1COCCC1O)c1ccccc1Cl. The highest BCUT2D eigenvalue weighted by atomic mass is 35.5. The molecule has 3 unspecified atom stereocenters. The molecular formula is C19H24ClNO3. The van der Waals surface area contributed by atoms with E-state index in [2.05, 4.69) is 0 Å². The van der Waals surface area contributed by atoms with Gasteiger partial charge in [0, 0.05) is 36.2 Å². The lowest BCUT2D eigenvalue weighted by Gasteiger charge is -2.36. The minimum Gasteiger partial charge on any atom is -0.393 e. The van der Waals surface area contributed by atoms with Crippen molar-refractivity contribution in [3.05, 3.63) is 40.9 Å². The van der Waals surface area contributed by atoms with Gasteiger partial charge in [0.05, 0.1) is 12.7 Å². The fourth-order valence-corrected chi connectivity index (χ4v) is 4.04. The zero-order valence-electron chi connectivity index (χ0n) is 14.0. The maximum atomic E-state index is 12.8. The van der Waals surface area contributed by atoms with Crippen molar-refractivity contribution in [1.29, 1.82) is 0 Å². The molecule has 1 amide bonds. The van der Waals surface area contributed by atoms with Gasteiger partial charge in [-0.2, -0.15) is 0 Å². The number of benzene rings is 1. The Morgan fingerprint density at radius 2 is 2.17 bits per heavy atom. The molecule has 5 heteroatoms. The van der Waals surface area contributed by atoms with Gasteiger partial charge in [-0.1, -0.05) is 29.8 Å². The van der Waals surface area contributed by atoms with E-state index in [9.17, 15) is 9.90 Å². The molecule has 0 aliphatic carbocycles. The third kappa shape index (κ3) is 3.66. The maximum absolute atomic E-state index is 12.8. The van der Waals surface area contributed by atoms with Crippen LogP contribution in [0.3, 0.4) is 0 Å². The molecule has 1 N–H and O–H groups in total. The van der Waals surface area contributed by atoms with E-state index in [0.29, 0.717) is 24.7 Å². The number of ether oxygens (including phenoxy) is 1. The van der Waals surface area contributed by atoms with E-state index in [-0.39, 0.29) is 24.0 Å². The molecule has 1 aromatic rings. The summed E-state index contributed by atoms with van der Waals surface area (Å²) in [4.78, 5) is 14.7. The monoisotopic (exact) mass is 349 g/mol. The third-order valence-electron chi connectivity index (χ3n) is 5.08.